The van der Waals surface area contributed by atoms with E-state index in [1.807, 2.05) is 60.7 Å². The second-order valence-electron chi connectivity index (χ2n) is 7.76. The van der Waals surface area contributed by atoms with Crippen LogP contribution in [0.3, 0.4) is 0 Å². The number of unbranched alkanes of at least 4 members (excludes halogenated alkanes) is 2. The molecule has 1 heteroatoms. The van der Waals surface area contributed by atoms with Gasteiger partial charge < -0.3 is 0 Å². The predicted octanol–water partition coefficient (Wildman–Crippen LogP) is 9.23. The molecule has 0 saturated carbocycles. The Morgan fingerprint density at radius 3 is 1.03 bits per heavy atom. The summed E-state index contributed by atoms with van der Waals surface area (Å²) in [6.45, 7) is 11.9. The van der Waals surface area contributed by atoms with Crippen molar-refractivity contribution in [2.24, 2.45) is 0 Å². The van der Waals surface area contributed by atoms with Gasteiger partial charge in [-0.15, -0.1) is 24.3 Å². The van der Waals surface area contributed by atoms with Gasteiger partial charge in [0, 0.05) is 0 Å². The number of hydrogen-bond acceptors (Lipinski definition) is 0. The standard InChI is InChI=1S/2C9H13.2C7H7.Zr/c2*1-2-3-6-9-7-4-5-8-9;2*1-7-5-3-2-4-6-7;/h2*4-5,7-8H,2-3,6H2,1H3;2*2-6H,1H2;/q4*-1;+4. The maximum absolute atomic E-state index is 3.72. The molecule has 0 bridgehead atoms. The molecular formula is C32H40Zr. The molecule has 172 valence electrons. The van der Waals surface area contributed by atoms with E-state index in [2.05, 4.69) is 76.2 Å². The molecule has 0 aliphatic carbocycles. The van der Waals surface area contributed by atoms with Gasteiger partial charge >= 0.3 is 26.2 Å². The second-order valence-corrected chi connectivity index (χ2v) is 7.76. The van der Waals surface area contributed by atoms with Gasteiger partial charge in [0.05, 0.1) is 0 Å². The zero-order valence-electron chi connectivity index (χ0n) is 20.5. The first-order chi connectivity index (χ1) is 15.7. The first-order valence-corrected chi connectivity index (χ1v) is 11.8. The summed E-state index contributed by atoms with van der Waals surface area (Å²) >= 11 is 0. The molecule has 0 saturated heterocycles. The van der Waals surface area contributed by atoms with E-state index in [9.17, 15) is 0 Å². The van der Waals surface area contributed by atoms with Crippen LogP contribution in [0, 0.1) is 13.8 Å². The molecule has 0 aliphatic heterocycles. The number of benzene rings is 2. The van der Waals surface area contributed by atoms with Crippen LogP contribution in [-0.4, -0.2) is 0 Å². The van der Waals surface area contributed by atoms with Crippen molar-refractivity contribution in [2.45, 2.75) is 52.4 Å². The molecule has 0 radical (unpaired) electrons. The molecule has 0 spiro atoms. The maximum atomic E-state index is 3.72. The van der Waals surface area contributed by atoms with Gasteiger partial charge in [0.25, 0.3) is 0 Å². The molecule has 0 atom stereocenters. The van der Waals surface area contributed by atoms with Crippen LogP contribution < -0.4 is 0 Å². The van der Waals surface area contributed by atoms with E-state index >= 15 is 0 Å². The molecule has 0 aromatic heterocycles. The summed E-state index contributed by atoms with van der Waals surface area (Å²) in [4.78, 5) is 0. The zero-order valence-corrected chi connectivity index (χ0v) is 23.0. The van der Waals surface area contributed by atoms with Crippen LogP contribution in [0.2, 0.25) is 0 Å². The monoisotopic (exact) mass is 514 g/mol. The minimum atomic E-state index is 0. The Hall–Kier alpha value is -2.24. The average molecular weight is 516 g/mol. The summed E-state index contributed by atoms with van der Waals surface area (Å²) in [5, 5.41) is 0. The fraction of sp³-hybridized carbons (Fsp3) is 0.250. The molecule has 0 heterocycles. The van der Waals surface area contributed by atoms with Crippen molar-refractivity contribution in [3.63, 3.8) is 0 Å². The van der Waals surface area contributed by atoms with E-state index < -0.39 is 0 Å². The van der Waals surface area contributed by atoms with Gasteiger partial charge in [0.2, 0.25) is 0 Å². The topological polar surface area (TPSA) is 0 Å². The molecule has 0 aliphatic rings. The molecule has 4 aromatic rings. The fourth-order valence-corrected chi connectivity index (χ4v) is 2.88. The van der Waals surface area contributed by atoms with Crippen molar-refractivity contribution in [3.8, 4) is 0 Å². The number of hydrogen-bond donors (Lipinski definition) is 0. The van der Waals surface area contributed by atoms with Gasteiger partial charge in [-0.1, -0.05) is 64.5 Å². The molecule has 0 fully saturated rings. The number of rotatable bonds is 6. The molecule has 33 heavy (non-hydrogen) atoms. The summed E-state index contributed by atoms with van der Waals surface area (Å²) in [6.07, 6.45) is 7.75. The van der Waals surface area contributed by atoms with Crippen LogP contribution in [-0.2, 0) is 39.0 Å². The largest absolute Gasteiger partial charge is 4.00 e. The third-order valence-electron chi connectivity index (χ3n) is 4.79. The summed E-state index contributed by atoms with van der Waals surface area (Å²) < 4.78 is 0. The quantitative estimate of drug-likeness (QED) is 0.224. The SMILES string of the molecule is CCCC[c-]1cccc1.CCCC[c-]1cccc1.[CH2-]c1ccccc1.[CH2-]c1ccccc1.[Zr+4]. The molecule has 4 aromatic carbocycles. The minimum absolute atomic E-state index is 0. The van der Waals surface area contributed by atoms with Gasteiger partial charge in [-0.25, -0.2) is 24.3 Å². The van der Waals surface area contributed by atoms with Crippen LogP contribution in [0.4, 0.5) is 0 Å². The van der Waals surface area contributed by atoms with Crippen molar-refractivity contribution in [1.29, 1.82) is 0 Å². The Morgan fingerprint density at radius 1 is 0.515 bits per heavy atom. The van der Waals surface area contributed by atoms with Crippen molar-refractivity contribution in [3.05, 3.63) is 145 Å². The Labute approximate surface area is 222 Å². The van der Waals surface area contributed by atoms with Gasteiger partial charge in [-0.2, -0.15) is 84.6 Å². The van der Waals surface area contributed by atoms with Crippen molar-refractivity contribution >= 4 is 0 Å². The van der Waals surface area contributed by atoms with Crippen molar-refractivity contribution in [1.82, 2.24) is 0 Å². The summed E-state index contributed by atoms with van der Waals surface area (Å²) in [6, 6.07) is 36.9. The van der Waals surface area contributed by atoms with E-state index in [0.717, 1.165) is 11.1 Å². The molecule has 0 unspecified atom stereocenters. The normalized spacial score (nSPS) is 9.03. The zero-order chi connectivity index (χ0) is 23.3. The van der Waals surface area contributed by atoms with Gasteiger partial charge in [-0.05, 0) is 0 Å². The first kappa shape index (κ1) is 30.8. The van der Waals surface area contributed by atoms with Gasteiger partial charge in [0.15, 0.2) is 0 Å². The Morgan fingerprint density at radius 2 is 0.818 bits per heavy atom. The molecule has 0 N–H and O–H groups in total. The Balaban J connectivity index is 0.000000412. The van der Waals surface area contributed by atoms with Gasteiger partial charge in [-0.3, -0.25) is 0 Å². The fourth-order valence-electron chi connectivity index (χ4n) is 2.88. The van der Waals surface area contributed by atoms with E-state index in [4.69, 9.17) is 0 Å². The molecular weight excluding hydrogens is 476 g/mol. The predicted molar refractivity (Wildman–Crippen MR) is 143 cm³/mol. The van der Waals surface area contributed by atoms with Crippen molar-refractivity contribution in [2.75, 3.05) is 0 Å². The van der Waals surface area contributed by atoms with Crippen LogP contribution in [0.1, 0.15) is 61.8 Å². The summed E-state index contributed by atoms with van der Waals surface area (Å²) in [5.41, 5.74) is 5.11. The van der Waals surface area contributed by atoms with Crippen molar-refractivity contribution < 1.29 is 26.2 Å². The van der Waals surface area contributed by atoms with Crippen LogP contribution >= 0.6 is 0 Å². The van der Waals surface area contributed by atoms with Gasteiger partial charge in [0.1, 0.15) is 0 Å². The van der Waals surface area contributed by atoms with Crippen LogP contribution in [0.15, 0.2) is 109 Å². The number of aryl methyl sites for hydroxylation is 2. The Bertz CT molecular complexity index is 768. The second kappa shape index (κ2) is 21.6. The first-order valence-electron chi connectivity index (χ1n) is 11.8. The molecule has 4 rings (SSSR count). The summed E-state index contributed by atoms with van der Waals surface area (Å²) in [5.74, 6) is 0. The smallest absolute Gasteiger partial charge is 0.213 e. The van der Waals surface area contributed by atoms with Crippen LogP contribution in [0.25, 0.3) is 0 Å². The molecule has 0 amide bonds. The Kier molecular flexibility index (Phi) is 20.1. The van der Waals surface area contributed by atoms with E-state index in [0.29, 0.717) is 0 Å². The maximum Gasteiger partial charge on any atom is 4.00 e. The summed E-state index contributed by atoms with van der Waals surface area (Å²) in [7, 11) is 0. The van der Waals surface area contributed by atoms with Crippen LogP contribution in [0.5, 0.6) is 0 Å². The minimum Gasteiger partial charge on any atom is -0.213 e. The third-order valence-corrected chi connectivity index (χ3v) is 4.79. The third kappa shape index (κ3) is 17.9. The van der Waals surface area contributed by atoms with E-state index in [1.54, 1.807) is 0 Å². The molecule has 0 nitrogen and oxygen atoms in total. The van der Waals surface area contributed by atoms with E-state index in [-0.39, 0.29) is 26.2 Å². The van der Waals surface area contributed by atoms with E-state index in [1.165, 1.54) is 49.7 Å². The average Bonchev–Trinajstić information content (AvgIpc) is 3.53.